The minimum absolute atomic E-state index is 0.588. The van der Waals surface area contributed by atoms with Gasteiger partial charge < -0.3 is 4.90 Å². The van der Waals surface area contributed by atoms with Gasteiger partial charge in [0.15, 0.2) is 0 Å². The molecule has 0 N–H and O–H groups in total. The summed E-state index contributed by atoms with van der Waals surface area (Å²) in [5, 5.41) is 4.48. The van der Waals surface area contributed by atoms with Crippen LogP contribution in [0.3, 0.4) is 0 Å². The van der Waals surface area contributed by atoms with E-state index in [9.17, 15) is 0 Å². The number of hydrogen-bond acceptors (Lipinski definition) is 2. The molecule has 0 aliphatic carbocycles. The Bertz CT molecular complexity index is 309. The zero-order chi connectivity index (χ0) is 12.8. The lowest BCUT2D eigenvalue weighted by Gasteiger charge is -2.29. The molecule has 0 unspecified atom stereocenters. The van der Waals surface area contributed by atoms with Gasteiger partial charge in [-0.1, -0.05) is 27.7 Å². The molecule has 1 aromatic heterocycles. The maximum atomic E-state index is 4.48. The molecule has 17 heavy (non-hydrogen) atoms. The molecule has 0 bridgehead atoms. The predicted molar refractivity (Wildman–Crippen MR) is 73.4 cm³/mol. The van der Waals surface area contributed by atoms with Crippen molar-refractivity contribution in [2.24, 2.45) is 0 Å². The molecule has 0 saturated carbocycles. The third kappa shape index (κ3) is 3.84. The standard InChI is InChI=1S/C12H21N3.C2H6/c1-10(2)11-8-13-15(9-11)12-4-6-14(3)7-5-12;1-2/h8-10,12H,4-7H2,1-3H3;1-2H3. The van der Waals surface area contributed by atoms with Crippen LogP contribution in [0.2, 0.25) is 0 Å². The lowest BCUT2D eigenvalue weighted by molar-refractivity contribution is 0.212. The molecule has 2 heterocycles. The summed E-state index contributed by atoms with van der Waals surface area (Å²) in [6, 6.07) is 0.619. The van der Waals surface area contributed by atoms with Gasteiger partial charge in [0.25, 0.3) is 0 Å². The van der Waals surface area contributed by atoms with Crippen LogP contribution in [0, 0.1) is 0 Å². The molecule has 0 spiro atoms. The number of piperidine rings is 1. The second kappa shape index (κ2) is 6.80. The first-order valence-electron chi connectivity index (χ1n) is 6.89. The Morgan fingerprint density at radius 3 is 2.29 bits per heavy atom. The highest BCUT2D eigenvalue weighted by Crippen LogP contribution is 2.22. The lowest BCUT2D eigenvalue weighted by Crippen LogP contribution is -2.31. The summed E-state index contributed by atoms with van der Waals surface area (Å²) in [6.45, 7) is 10.8. The molecule has 1 aliphatic rings. The van der Waals surface area contributed by atoms with Gasteiger partial charge in [0.2, 0.25) is 0 Å². The lowest BCUT2D eigenvalue weighted by atomic mass is 10.1. The number of nitrogens with zero attached hydrogens (tertiary/aromatic N) is 3. The van der Waals surface area contributed by atoms with Gasteiger partial charge >= 0.3 is 0 Å². The van der Waals surface area contributed by atoms with E-state index in [-0.39, 0.29) is 0 Å². The van der Waals surface area contributed by atoms with E-state index < -0.39 is 0 Å². The Morgan fingerprint density at radius 2 is 1.82 bits per heavy atom. The van der Waals surface area contributed by atoms with Crippen molar-refractivity contribution in [3.8, 4) is 0 Å². The normalized spacial score (nSPS) is 18.0. The predicted octanol–water partition coefficient (Wildman–Crippen LogP) is 3.30. The molecular weight excluding hydrogens is 210 g/mol. The zero-order valence-corrected chi connectivity index (χ0v) is 12.0. The fourth-order valence-corrected chi connectivity index (χ4v) is 2.11. The topological polar surface area (TPSA) is 21.1 Å². The number of likely N-dealkylation sites (tertiary alicyclic amines) is 1. The average molecular weight is 237 g/mol. The summed E-state index contributed by atoms with van der Waals surface area (Å²) in [5.41, 5.74) is 1.36. The Morgan fingerprint density at radius 1 is 1.24 bits per heavy atom. The van der Waals surface area contributed by atoms with Crippen molar-refractivity contribution in [2.45, 2.75) is 52.5 Å². The first kappa shape index (κ1) is 14.2. The summed E-state index contributed by atoms with van der Waals surface area (Å²) in [7, 11) is 2.19. The van der Waals surface area contributed by atoms with Crippen molar-refractivity contribution in [3.63, 3.8) is 0 Å². The second-order valence-corrected chi connectivity index (χ2v) is 4.94. The summed E-state index contributed by atoms with van der Waals surface area (Å²) < 4.78 is 2.17. The Hall–Kier alpha value is -0.830. The molecule has 3 nitrogen and oxygen atoms in total. The van der Waals surface area contributed by atoms with Crippen LogP contribution in [0.25, 0.3) is 0 Å². The molecule has 0 radical (unpaired) electrons. The third-order valence-corrected chi connectivity index (χ3v) is 3.35. The monoisotopic (exact) mass is 237 g/mol. The van der Waals surface area contributed by atoms with Crippen molar-refractivity contribution in [2.75, 3.05) is 20.1 Å². The van der Waals surface area contributed by atoms with Crippen LogP contribution in [0.15, 0.2) is 12.4 Å². The van der Waals surface area contributed by atoms with E-state index in [1.165, 1.54) is 31.5 Å². The van der Waals surface area contributed by atoms with Crippen LogP contribution in [0.1, 0.15) is 58.1 Å². The van der Waals surface area contributed by atoms with E-state index >= 15 is 0 Å². The molecule has 1 saturated heterocycles. The van der Waals surface area contributed by atoms with Crippen molar-refractivity contribution in [3.05, 3.63) is 18.0 Å². The Balaban J connectivity index is 0.000000686. The number of aromatic nitrogens is 2. The van der Waals surface area contributed by atoms with E-state index in [0.29, 0.717) is 12.0 Å². The first-order chi connectivity index (χ1) is 8.16. The van der Waals surface area contributed by atoms with Gasteiger partial charge in [-0.3, -0.25) is 4.68 Å². The van der Waals surface area contributed by atoms with Crippen molar-refractivity contribution >= 4 is 0 Å². The molecule has 1 fully saturated rings. The summed E-state index contributed by atoms with van der Waals surface area (Å²) >= 11 is 0. The Kier molecular flexibility index (Phi) is 5.69. The highest BCUT2D eigenvalue weighted by atomic mass is 15.3. The fourth-order valence-electron chi connectivity index (χ4n) is 2.11. The smallest absolute Gasteiger partial charge is 0.0543 e. The second-order valence-electron chi connectivity index (χ2n) is 4.94. The highest BCUT2D eigenvalue weighted by molar-refractivity contribution is 5.09. The van der Waals surface area contributed by atoms with E-state index in [4.69, 9.17) is 0 Å². The van der Waals surface area contributed by atoms with Gasteiger partial charge in [0.05, 0.1) is 12.2 Å². The van der Waals surface area contributed by atoms with Crippen LogP contribution < -0.4 is 0 Å². The molecule has 1 aromatic rings. The van der Waals surface area contributed by atoms with Gasteiger partial charge in [-0.2, -0.15) is 5.10 Å². The van der Waals surface area contributed by atoms with Gasteiger partial charge in [0, 0.05) is 6.20 Å². The molecule has 98 valence electrons. The fraction of sp³-hybridized carbons (Fsp3) is 0.786. The largest absolute Gasteiger partial charge is 0.306 e. The van der Waals surface area contributed by atoms with Crippen LogP contribution in [0.5, 0.6) is 0 Å². The zero-order valence-electron chi connectivity index (χ0n) is 12.0. The maximum absolute atomic E-state index is 4.48. The highest BCUT2D eigenvalue weighted by Gasteiger charge is 2.18. The summed E-state index contributed by atoms with van der Waals surface area (Å²) in [5.74, 6) is 0.588. The maximum Gasteiger partial charge on any atom is 0.0543 e. The number of hydrogen-bond donors (Lipinski definition) is 0. The summed E-state index contributed by atoms with van der Waals surface area (Å²) in [4.78, 5) is 2.39. The van der Waals surface area contributed by atoms with Crippen molar-refractivity contribution < 1.29 is 0 Å². The minimum Gasteiger partial charge on any atom is -0.306 e. The van der Waals surface area contributed by atoms with Crippen LogP contribution in [-0.2, 0) is 0 Å². The van der Waals surface area contributed by atoms with Crippen LogP contribution >= 0.6 is 0 Å². The van der Waals surface area contributed by atoms with Gasteiger partial charge in [-0.15, -0.1) is 0 Å². The van der Waals surface area contributed by atoms with E-state index in [0.717, 1.165) is 0 Å². The van der Waals surface area contributed by atoms with Crippen molar-refractivity contribution in [1.29, 1.82) is 0 Å². The molecule has 0 amide bonds. The SMILES string of the molecule is CC.CC(C)c1cnn(C2CCN(C)CC2)c1. The van der Waals surface area contributed by atoms with E-state index in [1.807, 2.05) is 20.0 Å². The minimum atomic E-state index is 0.588. The first-order valence-corrected chi connectivity index (χ1v) is 6.89. The third-order valence-electron chi connectivity index (χ3n) is 3.35. The molecule has 1 aliphatic heterocycles. The van der Waals surface area contributed by atoms with Crippen molar-refractivity contribution in [1.82, 2.24) is 14.7 Å². The Labute approximate surface area is 106 Å². The average Bonchev–Trinajstić information content (AvgIpc) is 2.82. The van der Waals surface area contributed by atoms with Gasteiger partial charge in [0.1, 0.15) is 0 Å². The summed E-state index contributed by atoms with van der Waals surface area (Å²) in [6.07, 6.45) is 6.70. The van der Waals surface area contributed by atoms with Crippen LogP contribution in [0.4, 0.5) is 0 Å². The van der Waals surface area contributed by atoms with Gasteiger partial charge in [-0.05, 0) is 44.5 Å². The molecule has 3 heteroatoms. The quantitative estimate of drug-likeness (QED) is 0.787. The molecule has 2 rings (SSSR count). The molecular formula is C14H27N3. The number of rotatable bonds is 2. The van der Waals surface area contributed by atoms with E-state index in [2.05, 4.69) is 41.8 Å². The van der Waals surface area contributed by atoms with Crippen LogP contribution in [-0.4, -0.2) is 34.8 Å². The molecule has 0 atom stereocenters. The van der Waals surface area contributed by atoms with E-state index in [1.54, 1.807) is 0 Å². The molecule has 0 aromatic carbocycles. The van der Waals surface area contributed by atoms with Gasteiger partial charge in [-0.25, -0.2) is 0 Å².